The number of ether oxygens (including phenoxy) is 1. The molecular formula is C9H18O3. The highest BCUT2D eigenvalue weighted by Gasteiger charge is 2.17. The molecule has 3 heteroatoms. The van der Waals surface area contributed by atoms with Crippen molar-refractivity contribution in [2.24, 2.45) is 5.92 Å². The first-order valence-corrected chi connectivity index (χ1v) is 4.18. The van der Waals surface area contributed by atoms with Gasteiger partial charge in [-0.05, 0) is 26.7 Å². The lowest BCUT2D eigenvalue weighted by atomic mass is 10.1. The Hall–Kier alpha value is -0.570. The molecule has 0 aromatic heterocycles. The number of carbonyl (C=O) groups is 1. The molecule has 0 aliphatic heterocycles. The average Bonchev–Trinajstić information content (AvgIpc) is 1.82. The zero-order valence-electron chi connectivity index (χ0n) is 8.26. The van der Waals surface area contributed by atoms with Gasteiger partial charge in [-0.15, -0.1) is 0 Å². The smallest absolute Gasteiger partial charge is 0.306 e. The summed E-state index contributed by atoms with van der Waals surface area (Å²) in [5.74, 6) is -0.260. The maximum atomic E-state index is 11.1. The quantitative estimate of drug-likeness (QED) is 0.657. The molecule has 0 heterocycles. The Morgan fingerprint density at radius 3 is 2.33 bits per heavy atom. The molecule has 12 heavy (non-hydrogen) atoms. The fourth-order valence-electron chi connectivity index (χ4n) is 0.732. The van der Waals surface area contributed by atoms with Gasteiger partial charge >= 0.3 is 5.97 Å². The summed E-state index contributed by atoms with van der Waals surface area (Å²) in [4.78, 5) is 11.1. The van der Waals surface area contributed by atoms with Gasteiger partial charge in [0.2, 0.25) is 0 Å². The summed E-state index contributed by atoms with van der Waals surface area (Å²) in [6.45, 7) is 7.32. The van der Waals surface area contributed by atoms with Crippen LogP contribution in [0.3, 0.4) is 0 Å². The Morgan fingerprint density at radius 2 is 2.00 bits per heavy atom. The molecule has 0 saturated carbocycles. The minimum absolute atomic E-state index is 0.0140. The number of esters is 1. The summed E-state index contributed by atoms with van der Waals surface area (Å²) >= 11 is 0. The van der Waals surface area contributed by atoms with Gasteiger partial charge in [0, 0.05) is 6.61 Å². The highest BCUT2D eigenvalue weighted by molar-refractivity contribution is 5.70. The average molecular weight is 174 g/mol. The molecule has 72 valence electrons. The minimum Gasteiger partial charge on any atom is -0.460 e. The van der Waals surface area contributed by atoms with Crippen LogP contribution in [0.2, 0.25) is 0 Å². The summed E-state index contributed by atoms with van der Waals surface area (Å²) in [5, 5.41) is 8.67. The van der Waals surface area contributed by atoms with Gasteiger partial charge in [-0.25, -0.2) is 0 Å². The molecule has 0 aromatic carbocycles. The molecule has 0 unspecified atom stereocenters. The highest BCUT2D eigenvalue weighted by atomic mass is 16.6. The van der Waals surface area contributed by atoms with E-state index in [0.717, 1.165) is 0 Å². The van der Waals surface area contributed by atoms with Crippen molar-refractivity contribution >= 4 is 5.97 Å². The van der Waals surface area contributed by atoms with Crippen LogP contribution in [-0.4, -0.2) is 23.3 Å². The van der Waals surface area contributed by atoms with Gasteiger partial charge in [-0.3, -0.25) is 4.79 Å². The molecule has 0 radical (unpaired) electrons. The summed E-state index contributed by atoms with van der Waals surface area (Å²) < 4.78 is 5.06. The molecular weight excluding hydrogens is 156 g/mol. The van der Waals surface area contributed by atoms with Crippen molar-refractivity contribution < 1.29 is 14.6 Å². The molecule has 1 N–H and O–H groups in total. The number of aliphatic hydroxyl groups excluding tert-OH is 1. The molecule has 0 aliphatic rings. The first-order valence-electron chi connectivity index (χ1n) is 4.18. The number of rotatable bonds is 3. The van der Waals surface area contributed by atoms with E-state index in [1.54, 1.807) is 0 Å². The van der Waals surface area contributed by atoms with E-state index in [4.69, 9.17) is 9.84 Å². The first kappa shape index (κ1) is 11.4. The SMILES string of the molecule is C[C@H](CO)CC(=O)OC(C)(C)C. The van der Waals surface area contributed by atoms with Crippen LogP contribution in [0, 0.1) is 5.92 Å². The Kier molecular flexibility index (Phi) is 4.24. The molecule has 3 nitrogen and oxygen atoms in total. The normalized spacial score (nSPS) is 14.1. The van der Waals surface area contributed by atoms with Crippen LogP contribution in [-0.2, 0) is 9.53 Å². The summed E-state index contributed by atoms with van der Waals surface area (Å²) in [5.41, 5.74) is -0.424. The lowest BCUT2D eigenvalue weighted by molar-refractivity contribution is -0.156. The van der Waals surface area contributed by atoms with Crippen LogP contribution in [0.4, 0.5) is 0 Å². The fraction of sp³-hybridized carbons (Fsp3) is 0.889. The lowest BCUT2D eigenvalue weighted by Gasteiger charge is -2.20. The van der Waals surface area contributed by atoms with Crippen molar-refractivity contribution in [2.75, 3.05) is 6.61 Å². The molecule has 0 rings (SSSR count). The Morgan fingerprint density at radius 1 is 1.50 bits per heavy atom. The second-order valence-electron chi connectivity index (χ2n) is 4.08. The third-order valence-electron chi connectivity index (χ3n) is 1.25. The van der Waals surface area contributed by atoms with E-state index in [0.29, 0.717) is 0 Å². The highest BCUT2D eigenvalue weighted by Crippen LogP contribution is 2.10. The van der Waals surface area contributed by atoms with Crippen LogP contribution in [0.5, 0.6) is 0 Å². The van der Waals surface area contributed by atoms with Gasteiger partial charge in [0.15, 0.2) is 0 Å². The predicted octanol–water partition coefficient (Wildman–Crippen LogP) is 1.35. The van der Waals surface area contributed by atoms with Gasteiger partial charge in [0.05, 0.1) is 6.42 Å². The largest absolute Gasteiger partial charge is 0.460 e. The fourth-order valence-corrected chi connectivity index (χ4v) is 0.732. The van der Waals surface area contributed by atoms with Crippen molar-refractivity contribution in [2.45, 2.75) is 39.7 Å². The maximum Gasteiger partial charge on any atom is 0.306 e. The van der Waals surface area contributed by atoms with E-state index in [-0.39, 0.29) is 24.9 Å². The zero-order valence-corrected chi connectivity index (χ0v) is 8.26. The number of hydrogen-bond donors (Lipinski definition) is 1. The molecule has 0 fully saturated rings. The standard InChI is InChI=1S/C9H18O3/c1-7(6-10)5-8(11)12-9(2,3)4/h7,10H,5-6H2,1-4H3/t7-/m0/s1. The number of aliphatic hydroxyl groups is 1. The van der Waals surface area contributed by atoms with Crippen molar-refractivity contribution in [3.8, 4) is 0 Å². The van der Waals surface area contributed by atoms with Crippen molar-refractivity contribution in [3.63, 3.8) is 0 Å². The number of carbonyl (C=O) groups excluding carboxylic acids is 1. The van der Waals surface area contributed by atoms with Gasteiger partial charge in [0.25, 0.3) is 0 Å². The second-order valence-corrected chi connectivity index (χ2v) is 4.08. The van der Waals surface area contributed by atoms with Gasteiger partial charge in [0.1, 0.15) is 5.60 Å². The van der Waals surface area contributed by atoms with Crippen LogP contribution < -0.4 is 0 Å². The Bertz CT molecular complexity index is 146. The molecule has 0 amide bonds. The molecule has 0 saturated heterocycles. The first-order chi connectivity index (χ1) is 5.35. The van der Waals surface area contributed by atoms with E-state index < -0.39 is 5.60 Å². The van der Waals surface area contributed by atoms with Crippen LogP contribution in [0.1, 0.15) is 34.1 Å². The van der Waals surface area contributed by atoms with Crippen LogP contribution >= 0.6 is 0 Å². The zero-order chi connectivity index (χ0) is 9.78. The third kappa shape index (κ3) is 6.16. The topological polar surface area (TPSA) is 46.5 Å². The summed E-state index contributed by atoms with van der Waals surface area (Å²) in [7, 11) is 0. The van der Waals surface area contributed by atoms with E-state index in [1.165, 1.54) is 0 Å². The molecule has 0 aliphatic carbocycles. The van der Waals surface area contributed by atoms with E-state index in [2.05, 4.69) is 0 Å². The predicted molar refractivity (Wildman–Crippen MR) is 46.7 cm³/mol. The van der Waals surface area contributed by atoms with E-state index >= 15 is 0 Å². The van der Waals surface area contributed by atoms with Crippen LogP contribution in [0.15, 0.2) is 0 Å². The second kappa shape index (κ2) is 4.45. The molecule has 0 bridgehead atoms. The maximum absolute atomic E-state index is 11.1. The van der Waals surface area contributed by atoms with E-state index in [1.807, 2.05) is 27.7 Å². The Balaban J connectivity index is 3.75. The minimum atomic E-state index is -0.424. The van der Waals surface area contributed by atoms with E-state index in [9.17, 15) is 4.79 Å². The lowest BCUT2D eigenvalue weighted by Crippen LogP contribution is -2.25. The number of hydrogen-bond acceptors (Lipinski definition) is 3. The Labute approximate surface area is 73.7 Å². The van der Waals surface area contributed by atoms with Crippen molar-refractivity contribution in [1.82, 2.24) is 0 Å². The summed E-state index contributed by atoms with van der Waals surface area (Å²) in [6, 6.07) is 0. The van der Waals surface area contributed by atoms with Crippen LogP contribution in [0.25, 0.3) is 0 Å². The van der Waals surface area contributed by atoms with Crippen molar-refractivity contribution in [3.05, 3.63) is 0 Å². The third-order valence-corrected chi connectivity index (χ3v) is 1.25. The molecule has 1 atom stereocenters. The van der Waals surface area contributed by atoms with Crippen molar-refractivity contribution in [1.29, 1.82) is 0 Å². The summed E-state index contributed by atoms with van der Waals surface area (Å²) in [6.07, 6.45) is 0.285. The van der Waals surface area contributed by atoms with Gasteiger partial charge < -0.3 is 9.84 Å². The monoisotopic (exact) mass is 174 g/mol. The molecule has 0 aromatic rings. The van der Waals surface area contributed by atoms with Gasteiger partial charge in [-0.2, -0.15) is 0 Å². The van der Waals surface area contributed by atoms with Gasteiger partial charge in [-0.1, -0.05) is 6.92 Å². The molecule has 0 spiro atoms.